The highest BCUT2D eigenvalue weighted by Crippen LogP contribution is 2.23. The molecule has 1 atom stereocenters. The zero-order valence-corrected chi connectivity index (χ0v) is 10.1. The lowest BCUT2D eigenvalue weighted by Crippen LogP contribution is -2.14. The number of ketones is 1. The maximum absolute atomic E-state index is 12.2. The van der Waals surface area contributed by atoms with Gasteiger partial charge in [-0.2, -0.15) is 0 Å². The van der Waals surface area contributed by atoms with Crippen molar-refractivity contribution >= 4 is 11.5 Å². The van der Waals surface area contributed by atoms with E-state index < -0.39 is 6.10 Å². The van der Waals surface area contributed by atoms with Crippen molar-refractivity contribution in [2.24, 2.45) is 0 Å². The fourth-order valence-electron chi connectivity index (χ4n) is 1.85. The SMILES string of the molecule is CNc1ccccc1C(=O)C(O)c1ccccc1. The molecule has 0 radical (unpaired) electrons. The topological polar surface area (TPSA) is 49.3 Å². The molecule has 0 amide bonds. The molecule has 0 fully saturated rings. The number of aliphatic hydroxyl groups excluding tert-OH is 1. The van der Waals surface area contributed by atoms with E-state index in [2.05, 4.69) is 5.32 Å². The number of Topliss-reactive ketones (excluding diaryl/α,β-unsaturated/α-hetero) is 1. The number of aliphatic hydroxyl groups is 1. The third-order valence-electron chi connectivity index (χ3n) is 2.83. The van der Waals surface area contributed by atoms with Gasteiger partial charge in [0.2, 0.25) is 0 Å². The Morgan fingerprint density at radius 1 is 1.06 bits per heavy atom. The molecule has 2 aromatic carbocycles. The quantitative estimate of drug-likeness (QED) is 0.809. The van der Waals surface area contributed by atoms with Crippen molar-refractivity contribution in [3.05, 3.63) is 65.7 Å². The summed E-state index contributed by atoms with van der Waals surface area (Å²) in [6, 6.07) is 16.1. The molecule has 0 bridgehead atoms. The Kier molecular flexibility index (Phi) is 3.75. The Morgan fingerprint density at radius 3 is 2.33 bits per heavy atom. The van der Waals surface area contributed by atoms with Crippen molar-refractivity contribution in [2.75, 3.05) is 12.4 Å². The second-order valence-electron chi connectivity index (χ2n) is 3.97. The van der Waals surface area contributed by atoms with Crippen molar-refractivity contribution in [3.8, 4) is 0 Å². The summed E-state index contributed by atoms with van der Waals surface area (Å²) >= 11 is 0. The number of nitrogens with one attached hydrogen (secondary N) is 1. The number of hydrogen-bond donors (Lipinski definition) is 2. The minimum absolute atomic E-state index is 0.300. The van der Waals surface area contributed by atoms with E-state index in [0.717, 1.165) is 5.69 Å². The first-order valence-corrected chi connectivity index (χ1v) is 5.78. The molecule has 2 N–H and O–H groups in total. The Bertz CT molecular complexity index is 537. The van der Waals surface area contributed by atoms with Crippen LogP contribution in [-0.2, 0) is 0 Å². The molecule has 2 aromatic rings. The van der Waals surface area contributed by atoms with Crippen LogP contribution in [-0.4, -0.2) is 17.9 Å². The predicted molar refractivity (Wildman–Crippen MR) is 71.7 cm³/mol. The molecule has 3 nitrogen and oxygen atoms in total. The van der Waals surface area contributed by atoms with Gasteiger partial charge < -0.3 is 10.4 Å². The van der Waals surface area contributed by atoms with Crippen LogP contribution < -0.4 is 5.32 Å². The average molecular weight is 241 g/mol. The first kappa shape index (κ1) is 12.3. The minimum Gasteiger partial charge on any atom is -0.388 e. The normalized spacial score (nSPS) is 11.9. The van der Waals surface area contributed by atoms with Crippen molar-refractivity contribution in [2.45, 2.75) is 6.10 Å². The molecule has 3 heteroatoms. The van der Waals surface area contributed by atoms with E-state index in [0.29, 0.717) is 11.1 Å². The van der Waals surface area contributed by atoms with Crippen molar-refractivity contribution in [1.82, 2.24) is 0 Å². The summed E-state index contributed by atoms with van der Waals surface area (Å²) in [5, 5.41) is 13.0. The third-order valence-corrected chi connectivity index (χ3v) is 2.83. The number of benzene rings is 2. The summed E-state index contributed by atoms with van der Waals surface area (Å²) in [4.78, 5) is 12.2. The van der Waals surface area contributed by atoms with E-state index in [9.17, 15) is 9.90 Å². The molecule has 0 saturated carbocycles. The lowest BCUT2D eigenvalue weighted by atomic mass is 9.99. The third kappa shape index (κ3) is 2.41. The summed E-state index contributed by atoms with van der Waals surface area (Å²) in [7, 11) is 1.75. The maximum Gasteiger partial charge on any atom is 0.197 e. The monoisotopic (exact) mass is 241 g/mol. The van der Waals surface area contributed by atoms with Crippen LogP contribution in [0.4, 0.5) is 5.69 Å². The highest BCUT2D eigenvalue weighted by Gasteiger charge is 2.20. The van der Waals surface area contributed by atoms with Gasteiger partial charge >= 0.3 is 0 Å². The standard InChI is InChI=1S/C15H15NO2/c1-16-13-10-6-5-9-12(13)15(18)14(17)11-7-3-2-4-8-11/h2-10,14,16-17H,1H3. The van der Waals surface area contributed by atoms with Crippen LogP contribution in [0, 0.1) is 0 Å². The molecule has 0 aliphatic rings. The van der Waals surface area contributed by atoms with Gasteiger partial charge in [-0.05, 0) is 17.7 Å². The van der Waals surface area contributed by atoms with Crippen LogP contribution in [0.25, 0.3) is 0 Å². The van der Waals surface area contributed by atoms with E-state index in [1.165, 1.54) is 0 Å². The van der Waals surface area contributed by atoms with Crippen molar-refractivity contribution in [3.63, 3.8) is 0 Å². The number of carbonyl (C=O) groups is 1. The molecule has 0 aliphatic heterocycles. The van der Waals surface area contributed by atoms with E-state index in [4.69, 9.17) is 0 Å². The number of rotatable bonds is 4. The van der Waals surface area contributed by atoms with Gasteiger partial charge in [-0.15, -0.1) is 0 Å². The molecular weight excluding hydrogens is 226 g/mol. The highest BCUT2D eigenvalue weighted by atomic mass is 16.3. The fourth-order valence-corrected chi connectivity index (χ4v) is 1.85. The Morgan fingerprint density at radius 2 is 1.67 bits per heavy atom. The summed E-state index contributed by atoms with van der Waals surface area (Å²) in [6.07, 6.45) is -1.12. The first-order chi connectivity index (χ1) is 8.74. The number of hydrogen-bond acceptors (Lipinski definition) is 3. The first-order valence-electron chi connectivity index (χ1n) is 5.78. The molecule has 0 heterocycles. The van der Waals surface area contributed by atoms with Gasteiger partial charge in [0, 0.05) is 18.3 Å². The van der Waals surface area contributed by atoms with E-state index in [-0.39, 0.29) is 5.78 Å². The van der Waals surface area contributed by atoms with Crippen LogP contribution in [0.5, 0.6) is 0 Å². The van der Waals surface area contributed by atoms with Gasteiger partial charge in [-0.3, -0.25) is 4.79 Å². The van der Waals surface area contributed by atoms with Crippen LogP contribution in [0.1, 0.15) is 22.0 Å². The minimum atomic E-state index is -1.12. The average Bonchev–Trinajstić information content (AvgIpc) is 2.46. The predicted octanol–water partition coefficient (Wildman–Crippen LogP) is 2.64. The molecule has 0 spiro atoms. The summed E-state index contributed by atoms with van der Waals surface area (Å²) in [6.45, 7) is 0. The van der Waals surface area contributed by atoms with E-state index in [1.807, 2.05) is 18.2 Å². The molecular formula is C15H15NO2. The second kappa shape index (κ2) is 5.47. The largest absolute Gasteiger partial charge is 0.388 e. The van der Waals surface area contributed by atoms with Crippen LogP contribution in [0.3, 0.4) is 0 Å². The van der Waals surface area contributed by atoms with Crippen LogP contribution >= 0.6 is 0 Å². The number of anilines is 1. The Hall–Kier alpha value is -2.13. The van der Waals surface area contributed by atoms with E-state index >= 15 is 0 Å². The second-order valence-corrected chi connectivity index (χ2v) is 3.97. The summed E-state index contributed by atoms with van der Waals surface area (Å²) < 4.78 is 0. The number of carbonyl (C=O) groups excluding carboxylic acids is 1. The van der Waals surface area contributed by atoms with Gasteiger partial charge in [0.1, 0.15) is 6.10 Å². The molecule has 92 valence electrons. The zero-order chi connectivity index (χ0) is 13.0. The maximum atomic E-state index is 12.2. The highest BCUT2D eigenvalue weighted by molar-refractivity contribution is 6.04. The van der Waals surface area contributed by atoms with Gasteiger partial charge in [0.25, 0.3) is 0 Å². The lowest BCUT2D eigenvalue weighted by molar-refractivity contribution is 0.0748. The zero-order valence-electron chi connectivity index (χ0n) is 10.1. The summed E-state index contributed by atoms with van der Waals surface area (Å²) in [5.74, 6) is -0.300. The molecule has 0 aliphatic carbocycles. The molecule has 2 rings (SSSR count). The fraction of sp³-hybridized carbons (Fsp3) is 0.133. The Labute approximate surface area is 106 Å². The van der Waals surface area contributed by atoms with E-state index in [1.54, 1.807) is 43.4 Å². The molecule has 1 unspecified atom stereocenters. The van der Waals surface area contributed by atoms with Crippen LogP contribution in [0.2, 0.25) is 0 Å². The molecule has 18 heavy (non-hydrogen) atoms. The number of para-hydroxylation sites is 1. The Balaban J connectivity index is 2.32. The van der Waals surface area contributed by atoms with Crippen molar-refractivity contribution < 1.29 is 9.90 Å². The van der Waals surface area contributed by atoms with Crippen molar-refractivity contribution in [1.29, 1.82) is 0 Å². The molecule has 0 aromatic heterocycles. The van der Waals surface area contributed by atoms with Crippen LogP contribution in [0.15, 0.2) is 54.6 Å². The van der Waals surface area contributed by atoms with Gasteiger partial charge in [-0.1, -0.05) is 42.5 Å². The lowest BCUT2D eigenvalue weighted by Gasteiger charge is -2.13. The van der Waals surface area contributed by atoms with Gasteiger partial charge in [0.15, 0.2) is 5.78 Å². The summed E-state index contributed by atoms with van der Waals surface area (Å²) in [5.41, 5.74) is 1.82. The van der Waals surface area contributed by atoms with Gasteiger partial charge in [-0.25, -0.2) is 0 Å². The van der Waals surface area contributed by atoms with Gasteiger partial charge in [0.05, 0.1) is 0 Å². The smallest absolute Gasteiger partial charge is 0.197 e. The molecule has 0 saturated heterocycles.